The fourth-order valence-corrected chi connectivity index (χ4v) is 3.02. The van der Waals surface area contributed by atoms with Crippen molar-refractivity contribution in [1.29, 1.82) is 0 Å². The molecule has 1 aliphatic heterocycles. The molecule has 2 nitrogen and oxygen atoms in total. The number of alkyl halides is 3. The summed E-state index contributed by atoms with van der Waals surface area (Å²) in [6, 6.07) is 6.20. The van der Waals surface area contributed by atoms with Crippen LogP contribution in [-0.4, -0.2) is 30.6 Å². The highest BCUT2D eigenvalue weighted by Crippen LogP contribution is 2.31. The highest BCUT2D eigenvalue weighted by atomic mass is 19.4. The van der Waals surface area contributed by atoms with Gasteiger partial charge >= 0.3 is 6.18 Å². The van der Waals surface area contributed by atoms with Crippen molar-refractivity contribution < 1.29 is 13.2 Å². The van der Waals surface area contributed by atoms with Gasteiger partial charge < -0.3 is 5.32 Å². The Morgan fingerprint density at radius 3 is 2.43 bits per heavy atom. The monoisotopic (exact) mass is 300 g/mol. The maximum Gasteiger partial charge on any atom is 0.416 e. The van der Waals surface area contributed by atoms with Gasteiger partial charge in [-0.1, -0.05) is 19.1 Å². The van der Waals surface area contributed by atoms with E-state index in [0.29, 0.717) is 6.04 Å². The van der Waals surface area contributed by atoms with Crippen molar-refractivity contribution in [2.45, 2.75) is 44.9 Å². The molecule has 1 saturated heterocycles. The first-order valence-corrected chi connectivity index (χ1v) is 7.57. The van der Waals surface area contributed by atoms with Crippen LogP contribution in [0, 0.1) is 0 Å². The molecule has 21 heavy (non-hydrogen) atoms. The topological polar surface area (TPSA) is 15.3 Å². The summed E-state index contributed by atoms with van der Waals surface area (Å²) in [5, 5.41) is 3.36. The molecular formula is C16H23F3N2. The lowest BCUT2D eigenvalue weighted by molar-refractivity contribution is -0.137. The van der Waals surface area contributed by atoms with Crippen LogP contribution >= 0.6 is 0 Å². The van der Waals surface area contributed by atoms with Gasteiger partial charge in [-0.05, 0) is 50.6 Å². The van der Waals surface area contributed by atoms with Crippen LogP contribution in [0.5, 0.6) is 0 Å². The Bertz CT molecular complexity index is 436. The Hall–Kier alpha value is -1.07. The van der Waals surface area contributed by atoms with E-state index >= 15 is 0 Å². The number of benzene rings is 1. The van der Waals surface area contributed by atoms with Crippen LogP contribution in [0.1, 0.15) is 43.9 Å². The lowest BCUT2D eigenvalue weighted by Gasteiger charge is -2.34. The quantitative estimate of drug-likeness (QED) is 0.889. The Morgan fingerprint density at radius 1 is 1.29 bits per heavy atom. The molecule has 1 aliphatic rings. The zero-order valence-corrected chi connectivity index (χ0v) is 12.6. The summed E-state index contributed by atoms with van der Waals surface area (Å²) < 4.78 is 37.9. The molecule has 1 N–H and O–H groups in total. The van der Waals surface area contributed by atoms with Crippen molar-refractivity contribution in [3.8, 4) is 0 Å². The van der Waals surface area contributed by atoms with E-state index in [4.69, 9.17) is 0 Å². The molecule has 0 spiro atoms. The van der Waals surface area contributed by atoms with Gasteiger partial charge in [0, 0.05) is 18.6 Å². The summed E-state index contributed by atoms with van der Waals surface area (Å²) in [6.07, 6.45) is -2.12. The molecule has 0 saturated carbocycles. The van der Waals surface area contributed by atoms with Gasteiger partial charge in [-0.2, -0.15) is 13.2 Å². The average Bonchev–Trinajstić information content (AvgIpc) is 2.97. The minimum Gasteiger partial charge on any atom is -0.315 e. The van der Waals surface area contributed by atoms with Gasteiger partial charge in [0.05, 0.1) is 5.56 Å². The number of halogens is 3. The second-order valence-corrected chi connectivity index (χ2v) is 5.68. The summed E-state index contributed by atoms with van der Waals surface area (Å²) in [5.74, 6) is 0. The van der Waals surface area contributed by atoms with E-state index in [-0.39, 0.29) is 6.04 Å². The Labute approximate surface area is 124 Å². The first-order chi connectivity index (χ1) is 9.93. The standard InChI is InChI=1S/C16H23F3N2/c1-3-10-21(15-8-9-20-11-15)12(2)13-4-6-14(7-5-13)16(17,18)19/h4-7,12,15,20H,3,8-11H2,1-2H3. The average molecular weight is 300 g/mol. The van der Waals surface area contributed by atoms with Gasteiger partial charge in [-0.3, -0.25) is 4.90 Å². The van der Waals surface area contributed by atoms with Crippen LogP contribution in [-0.2, 0) is 6.18 Å². The first kappa shape index (κ1) is 16.3. The second-order valence-electron chi connectivity index (χ2n) is 5.68. The molecule has 118 valence electrons. The molecule has 5 heteroatoms. The van der Waals surface area contributed by atoms with Crippen molar-refractivity contribution in [1.82, 2.24) is 10.2 Å². The first-order valence-electron chi connectivity index (χ1n) is 7.57. The van der Waals surface area contributed by atoms with E-state index < -0.39 is 11.7 Å². The molecular weight excluding hydrogens is 277 g/mol. The van der Waals surface area contributed by atoms with Crippen molar-refractivity contribution in [2.75, 3.05) is 19.6 Å². The number of nitrogens with zero attached hydrogens (tertiary/aromatic N) is 1. The van der Waals surface area contributed by atoms with E-state index in [0.717, 1.165) is 38.0 Å². The number of hydrogen-bond acceptors (Lipinski definition) is 2. The SMILES string of the molecule is CCCN(C1CCNC1)C(C)c1ccc(C(F)(F)F)cc1. The van der Waals surface area contributed by atoms with E-state index in [1.165, 1.54) is 12.1 Å². The zero-order valence-electron chi connectivity index (χ0n) is 12.6. The van der Waals surface area contributed by atoms with Gasteiger partial charge in [0.25, 0.3) is 0 Å². The van der Waals surface area contributed by atoms with Crippen LogP contribution in [0.2, 0.25) is 0 Å². The normalized spacial score (nSPS) is 21.0. The maximum absolute atomic E-state index is 12.6. The lowest BCUT2D eigenvalue weighted by Crippen LogP contribution is -2.39. The van der Waals surface area contributed by atoms with Gasteiger partial charge in [-0.15, -0.1) is 0 Å². The largest absolute Gasteiger partial charge is 0.416 e. The number of hydrogen-bond donors (Lipinski definition) is 1. The van der Waals surface area contributed by atoms with Crippen LogP contribution in [0.4, 0.5) is 13.2 Å². The third kappa shape index (κ3) is 3.98. The number of nitrogens with one attached hydrogen (secondary N) is 1. The summed E-state index contributed by atoms with van der Waals surface area (Å²) >= 11 is 0. The molecule has 1 heterocycles. The molecule has 2 rings (SSSR count). The molecule has 2 unspecified atom stereocenters. The van der Waals surface area contributed by atoms with Crippen molar-refractivity contribution in [3.63, 3.8) is 0 Å². The Kier molecular flexibility index (Phi) is 5.27. The van der Waals surface area contributed by atoms with E-state index in [9.17, 15) is 13.2 Å². The second kappa shape index (κ2) is 6.79. The predicted octanol–water partition coefficient (Wildman–Crippen LogP) is 3.84. The lowest BCUT2D eigenvalue weighted by atomic mass is 10.0. The molecule has 0 bridgehead atoms. The van der Waals surface area contributed by atoms with E-state index in [1.54, 1.807) is 12.1 Å². The summed E-state index contributed by atoms with van der Waals surface area (Å²) in [6.45, 7) is 7.16. The minimum atomic E-state index is -4.26. The van der Waals surface area contributed by atoms with Gasteiger partial charge in [0.15, 0.2) is 0 Å². The summed E-state index contributed by atoms with van der Waals surface area (Å²) in [4.78, 5) is 2.41. The molecule has 1 aromatic rings. The summed E-state index contributed by atoms with van der Waals surface area (Å²) in [5.41, 5.74) is 0.367. The fourth-order valence-electron chi connectivity index (χ4n) is 3.02. The smallest absolute Gasteiger partial charge is 0.315 e. The highest BCUT2D eigenvalue weighted by molar-refractivity contribution is 5.26. The molecule has 1 fully saturated rings. The predicted molar refractivity (Wildman–Crippen MR) is 78.1 cm³/mol. The van der Waals surface area contributed by atoms with Crippen LogP contribution in [0.15, 0.2) is 24.3 Å². The molecule has 0 radical (unpaired) electrons. The van der Waals surface area contributed by atoms with Crippen LogP contribution in [0.25, 0.3) is 0 Å². The molecule has 1 aromatic carbocycles. The van der Waals surface area contributed by atoms with Gasteiger partial charge in [0.2, 0.25) is 0 Å². The molecule has 0 amide bonds. The third-order valence-corrected chi connectivity index (χ3v) is 4.20. The fraction of sp³-hybridized carbons (Fsp3) is 0.625. The summed E-state index contributed by atoms with van der Waals surface area (Å²) in [7, 11) is 0. The van der Waals surface area contributed by atoms with Gasteiger partial charge in [0.1, 0.15) is 0 Å². The van der Waals surface area contributed by atoms with Crippen molar-refractivity contribution >= 4 is 0 Å². The van der Waals surface area contributed by atoms with Crippen molar-refractivity contribution in [2.24, 2.45) is 0 Å². The third-order valence-electron chi connectivity index (χ3n) is 4.20. The highest BCUT2D eigenvalue weighted by Gasteiger charge is 2.31. The Balaban J connectivity index is 2.14. The molecule has 0 aromatic heterocycles. The number of rotatable bonds is 5. The Morgan fingerprint density at radius 2 is 1.95 bits per heavy atom. The van der Waals surface area contributed by atoms with Crippen molar-refractivity contribution in [3.05, 3.63) is 35.4 Å². The van der Waals surface area contributed by atoms with E-state index in [2.05, 4.69) is 24.1 Å². The molecule has 2 atom stereocenters. The van der Waals surface area contributed by atoms with Crippen LogP contribution < -0.4 is 5.32 Å². The van der Waals surface area contributed by atoms with E-state index in [1.807, 2.05) is 0 Å². The maximum atomic E-state index is 12.6. The zero-order chi connectivity index (χ0) is 15.5. The van der Waals surface area contributed by atoms with Crippen LogP contribution in [0.3, 0.4) is 0 Å². The molecule has 0 aliphatic carbocycles. The minimum absolute atomic E-state index is 0.136. The van der Waals surface area contributed by atoms with Gasteiger partial charge in [-0.25, -0.2) is 0 Å².